The van der Waals surface area contributed by atoms with E-state index in [1.54, 1.807) is 7.11 Å². The van der Waals surface area contributed by atoms with Crippen molar-refractivity contribution >= 4 is 16.6 Å². The van der Waals surface area contributed by atoms with Crippen LogP contribution < -0.4 is 9.64 Å². The van der Waals surface area contributed by atoms with Crippen LogP contribution in [-0.2, 0) is 0 Å². The van der Waals surface area contributed by atoms with Crippen LogP contribution in [0, 0.1) is 0 Å². The molecule has 1 fully saturated rings. The normalized spacial score (nSPS) is 13.7. The third kappa shape index (κ3) is 3.55. The second kappa shape index (κ2) is 8.17. The maximum atomic E-state index is 5.36. The molecule has 0 saturated carbocycles. The molecule has 0 spiro atoms. The maximum absolute atomic E-state index is 5.36. The van der Waals surface area contributed by atoms with Gasteiger partial charge in [0.2, 0.25) is 0 Å². The molecular formula is C28H26N4O. The summed E-state index contributed by atoms with van der Waals surface area (Å²) in [5.41, 5.74) is 7.58. The summed E-state index contributed by atoms with van der Waals surface area (Å²) in [5.74, 6) is 1.70. The van der Waals surface area contributed by atoms with Gasteiger partial charge in [-0.25, -0.2) is 4.98 Å². The van der Waals surface area contributed by atoms with Gasteiger partial charge in [0.05, 0.1) is 18.5 Å². The quantitative estimate of drug-likeness (QED) is 0.332. The molecule has 3 heterocycles. The molecule has 3 aromatic carbocycles. The van der Waals surface area contributed by atoms with Gasteiger partial charge in [-0.3, -0.25) is 0 Å². The predicted molar refractivity (Wildman–Crippen MR) is 135 cm³/mol. The number of H-pyrrole nitrogens is 2. The smallest absolute Gasteiger partial charge is 0.138 e. The second-order valence-corrected chi connectivity index (χ2v) is 8.53. The van der Waals surface area contributed by atoms with Crippen molar-refractivity contribution in [2.75, 3.05) is 25.1 Å². The molecule has 0 atom stereocenters. The summed E-state index contributed by atoms with van der Waals surface area (Å²) in [6, 6.07) is 25.2. The van der Waals surface area contributed by atoms with E-state index in [0.29, 0.717) is 0 Å². The molecule has 2 N–H and O–H groups in total. The van der Waals surface area contributed by atoms with Crippen molar-refractivity contribution < 1.29 is 4.74 Å². The first-order chi connectivity index (χ1) is 16.3. The van der Waals surface area contributed by atoms with Gasteiger partial charge in [-0.1, -0.05) is 18.2 Å². The fourth-order valence-electron chi connectivity index (χ4n) is 4.75. The number of rotatable bonds is 5. The standard InChI is InChI=1S/C28H26N4O/c1-33-22-14-10-19(11-15-22)26-27(24-18-29-25-7-3-2-6-23(24)25)31-28(30-26)20-8-12-21(13-9-20)32-16-4-5-17-32/h2-3,6-15,18,29H,4-5,16-17H2,1H3,(H,30,31). The minimum Gasteiger partial charge on any atom is -0.497 e. The van der Waals surface area contributed by atoms with Gasteiger partial charge in [-0.05, 0) is 67.4 Å². The van der Waals surface area contributed by atoms with Gasteiger partial charge < -0.3 is 19.6 Å². The molecule has 5 aromatic rings. The van der Waals surface area contributed by atoms with E-state index in [4.69, 9.17) is 9.72 Å². The summed E-state index contributed by atoms with van der Waals surface area (Å²) in [7, 11) is 1.69. The van der Waals surface area contributed by atoms with E-state index in [-0.39, 0.29) is 0 Å². The number of anilines is 1. The van der Waals surface area contributed by atoms with Crippen molar-refractivity contribution in [2.24, 2.45) is 0 Å². The van der Waals surface area contributed by atoms with Crippen LogP contribution in [0.25, 0.3) is 44.8 Å². The van der Waals surface area contributed by atoms with Crippen LogP contribution in [0.5, 0.6) is 5.75 Å². The van der Waals surface area contributed by atoms with Gasteiger partial charge in [0.1, 0.15) is 11.6 Å². The SMILES string of the molecule is COc1ccc(-c2nc(-c3ccc(N4CCCC4)cc3)[nH]c2-c2c[nH]c3ccccc23)cc1. The molecule has 1 aliphatic heterocycles. The number of imidazole rings is 1. The zero-order valence-corrected chi connectivity index (χ0v) is 18.6. The number of ether oxygens (including phenoxy) is 1. The lowest BCUT2D eigenvalue weighted by molar-refractivity contribution is 0.415. The maximum Gasteiger partial charge on any atom is 0.138 e. The zero-order chi connectivity index (χ0) is 22.2. The van der Waals surface area contributed by atoms with Gasteiger partial charge in [-0.15, -0.1) is 0 Å². The molecule has 0 radical (unpaired) electrons. The van der Waals surface area contributed by atoms with Crippen LogP contribution in [0.4, 0.5) is 5.69 Å². The first-order valence-electron chi connectivity index (χ1n) is 11.5. The molecule has 33 heavy (non-hydrogen) atoms. The van der Waals surface area contributed by atoms with Gasteiger partial charge in [0.25, 0.3) is 0 Å². The van der Waals surface area contributed by atoms with E-state index < -0.39 is 0 Å². The first kappa shape index (κ1) is 19.7. The molecular weight excluding hydrogens is 408 g/mol. The zero-order valence-electron chi connectivity index (χ0n) is 18.6. The first-order valence-corrected chi connectivity index (χ1v) is 11.5. The minimum atomic E-state index is 0.834. The van der Waals surface area contributed by atoms with E-state index in [2.05, 4.69) is 75.7 Å². The Morgan fingerprint density at radius 2 is 1.58 bits per heavy atom. The number of hydrogen-bond donors (Lipinski definition) is 2. The van der Waals surface area contributed by atoms with Crippen molar-refractivity contribution in [3.05, 3.63) is 79.0 Å². The van der Waals surface area contributed by atoms with Crippen LogP contribution in [-0.4, -0.2) is 35.2 Å². The predicted octanol–water partition coefficient (Wildman–Crippen LogP) is 6.50. The number of aromatic amines is 2. The number of aromatic nitrogens is 3. The van der Waals surface area contributed by atoms with Crippen LogP contribution in [0.3, 0.4) is 0 Å². The van der Waals surface area contributed by atoms with Crippen molar-refractivity contribution in [3.63, 3.8) is 0 Å². The monoisotopic (exact) mass is 434 g/mol. The van der Waals surface area contributed by atoms with E-state index in [1.807, 2.05) is 18.2 Å². The molecule has 1 saturated heterocycles. The molecule has 164 valence electrons. The fraction of sp³-hybridized carbons (Fsp3) is 0.179. The number of fused-ring (bicyclic) bond motifs is 1. The van der Waals surface area contributed by atoms with Crippen LogP contribution >= 0.6 is 0 Å². The van der Waals surface area contributed by atoms with E-state index in [9.17, 15) is 0 Å². The lowest BCUT2D eigenvalue weighted by Crippen LogP contribution is -2.17. The Balaban J connectivity index is 1.46. The van der Waals surface area contributed by atoms with Crippen molar-refractivity contribution in [3.8, 4) is 39.7 Å². The lowest BCUT2D eigenvalue weighted by Gasteiger charge is -2.17. The average molecular weight is 435 g/mol. The Bertz CT molecular complexity index is 1390. The van der Waals surface area contributed by atoms with Gasteiger partial charge in [0.15, 0.2) is 0 Å². The Morgan fingerprint density at radius 3 is 2.33 bits per heavy atom. The molecule has 6 rings (SSSR count). The van der Waals surface area contributed by atoms with Crippen LogP contribution in [0.15, 0.2) is 79.0 Å². The molecule has 5 nitrogen and oxygen atoms in total. The molecule has 0 aliphatic carbocycles. The third-order valence-electron chi connectivity index (χ3n) is 6.54. The molecule has 2 aromatic heterocycles. The summed E-state index contributed by atoms with van der Waals surface area (Å²) in [6.45, 7) is 2.29. The summed E-state index contributed by atoms with van der Waals surface area (Å²) in [6.07, 6.45) is 4.61. The van der Waals surface area contributed by atoms with Crippen molar-refractivity contribution in [2.45, 2.75) is 12.8 Å². The summed E-state index contributed by atoms with van der Waals surface area (Å²) in [4.78, 5) is 14.6. The average Bonchev–Trinajstić information content (AvgIpc) is 3.64. The number of nitrogens with one attached hydrogen (secondary N) is 2. The van der Waals surface area contributed by atoms with Gasteiger partial charge in [0, 0.05) is 52.6 Å². The number of nitrogens with zero attached hydrogens (tertiary/aromatic N) is 2. The Hall–Kier alpha value is -3.99. The van der Waals surface area contributed by atoms with E-state index >= 15 is 0 Å². The third-order valence-corrected chi connectivity index (χ3v) is 6.54. The summed E-state index contributed by atoms with van der Waals surface area (Å²) >= 11 is 0. The van der Waals surface area contributed by atoms with Crippen molar-refractivity contribution in [1.82, 2.24) is 15.0 Å². The highest BCUT2D eigenvalue weighted by molar-refractivity contribution is 5.98. The number of para-hydroxylation sites is 1. The summed E-state index contributed by atoms with van der Waals surface area (Å²) < 4.78 is 5.36. The fourth-order valence-corrected chi connectivity index (χ4v) is 4.75. The van der Waals surface area contributed by atoms with Crippen LogP contribution in [0.1, 0.15) is 12.8 Å². The number of hydrogen-bond acceptors (Lipinski definition) is 3. The highest BCUT2D eigenvalue weighted by Gasteiger charge is 2.19. The van der Waals surface area contributed by atoms with Crippen LogP contribution in [0.2, 0.25) is 0 Å². The lowest BCUT2D eigenvalue weighted by atomic mass is 10.0. The van der Waals surface area contributed by atoms with Gasteiger partial charge >= 0.3 is 0 Å². The molecule has 0 unspecified atom stereocenters. The molecule has 0 bridgehead atoms. The molecule has 0 amide bonds. The largest absolute Gasteiger partial charge is 0.497 e. The molecule has 5 heteroatoms. The van der Waals surface area contributed by atoms with E-state index in [0.717, 1.165) is 58.3 Å². The summed E-state index contributed by atoms with van der Waals surface area (Å²) in [5, 5.41) is 1.17. The Morgan fingerprint density at radius 1 is 0.848 bits per heavy atom. The highest BCUT2D eigenvalue weighted by atomic mass is 16.5. The van der Waals surface area contributed by atoms with E-state index in [1.165, 1.54) is 23.9 Å². The highest BCUT2D eigenvalue weighted by Crippen LogP contribution is 2.37. The Labute approximate surface area is 193 Å². The number of methoxy groups -OCH3 is 1. The second-order valence-electron chi connectivity index (χ2n) is 8.53. The van der Waals surface area contributed by atoms with Gasteiger partial charge in [-0.2, -0.15) is 0 Å². The topological polar surface area (TPSA) is 56.9 Å². The molecule has 1 aliphatic rings. The van der Waals surface area contributed by atoms with Crippen molar-refractivity contribution in [1.29, 1.82) is 0 Å². The Kier molecular flexibility index (Phi) is 4.87. The number of benzene rings is 3. The minimum absolute atomic E-state index is 0.834.